The van der Waals surface area contributed by atoms with E-state index in [1.807, 2.05) is 0 Å². The second-order valence-electron chi connectivity index (χ2n) is 19.7. The molecule has 7 unspecified atom stereocenters. The summed E-state index contributed by atoms with van der Waals surface area (Å²) >= 11 is 0. The molecule has 4 aromatic carbocycles. The molecular formula is C59H58N2O. The molecule has 1 fully saturated rings. The lowest BCUT2D eigenvalue weighted by Crippen LogP contribution is -2.45. The Morgan fingerprint density at radius 1 is 0.581 bits per heavy atom. The zero-order chi connectivity index (χ0) is 40.8. The minimum Gasteiger partial charge on any atom is -0.459 e. The smallest absolute Gasteiger partial charge is 0.158 e. The summed E-state index contributed by atoms with van der Waals surface area (Å²) in [6, 6.07) is 35.2. The van der Waals surface area contributed by atoms with Gasteiger partial charge in [-0.1, -0.05) is 109 Å². The Labute approximate surface area is 367 Å². The van der Waals surface area contributed by atoms with Crippen LogP contribution in [-0.4, -0.2) is 0 Å². The van der Waals surface area contributed by atoms with E-state index in [0.717, 1.165) is 37.7 Å². The van der Waals surface area contributed by atoms with E-state index >= 15 is 0 Å². The second-order valence-corrected chi connectivity index (χ2v) is 19.7. The predicted octanol–water partition coefficient (Wildman–Crippen LogP) is 14.7. The van der Waals surface area contributed by atoms with E-state index in [1.54, 1.807) is 22.3 Å². The van der Waals surface area contributed by atoms with E-state index in [1.165, 1.54) is 109 Å². The highest BCUT2D eigenvalue weighted by Gasteiger charge is 2.67. The van der Waals surface area contributed by atoms with Gasteiger partial charge in [0.25, 0.3) is 0 Å². The molecule has 3 nitrogen and oxygen atoms in total. The number of aryl methyl sites for hydroxylation is 3. The highest BCUT2D eigenvalue weighted by atomic mass is 16.3. The van der Waals surface area contributed by atoms with Crippen LogP contribution in [0.4, 0.5) is 17.1 Å². The molecule has 0 bridgehead atoms. The van der Waals surface area contributed by atoms with E-state index in [0.29, 0.717) is 29.6 Å². The highest BCUT2D eigenvalue weighted by molar-refractivity contribution is 5.96. The number of benzene rings is 4. The van der Waals surface area contributed by atoms with Crippen LogP contribution < -0.4 is 9.80 Å². The molecule has 1 saturated carbocycles. The van der Waals surface area contributed by atoms with Gasteiger partial charge in [-0.05, 0) is 172 Å². The van der Waals surface area contributed by atoms with Crippen LogP contribution in [0.15, 0.2) is 167 Å². The maximum atomic E-state index is 6.98. The predicted molar refractivity (Wildman–Crippen MR) is 255 cm³/mol. The minimum atomic E-state index is 0.00752. The number of fused-ring (bicyclic) bond motifs is 14. The maximum absolute atomic E-state index is 6.98. The zero-order valence-electron chi connectivity index (χ0n) is 36.0. The van der Waals surface area contributed by atoms with Crippen LogP contribution in [-0.2, 0) is 31.1 Å². The lowest BCUT2D eigenvalue weighted by atomic mass is 9.57. The molecule has 310 valence electrons. The van der Waals surface area contributed by atoms with Crippen molar-refractivity contribution < 1.29 is 4.42 Å². The third-order valence-electron chi connectivity index (χ3n) is 16.8. The van der Waals surface area contributed by atoms with Crippen molar-refractivity contribution in [2.24, 2.45) is 29.6 Å². The van der Waals surface area contributed by atoms with Gasteiger partial charge in [0.1, 0.15) is 5.76 Å². The van der Waals surface area contributed by atoms with E-state index in [4.69, 9.17) is 4.42 Å². The third kappa shape index (κ3) is 5.42. The Kier molecular flexibility index (Phi) is 8.84. The Hall–Kier alpha value is -5.54. The van der Waals surface area contributed by atoms with Crippen molar-refractivity contribution >= 4 is 28.0 Å². The van der Waals surface area contributed by atoms with Gasteiger partial charge in [0.2, 0.25) is 0 Å². The molecule has 0 N–H and O–H groups in total. The zero-order valence-corrected chi connectivity index (χ0v) is 36.0. The first-order valence-electron chi connectivity index (χ1n) is 24.3. The minimum absolute atomic E-state index is 0.00752. The average molecular weight is 811 g/mol. The van der Waals surface area contributed by atoms with E-state index in [2.05, 4.69) is 155 Å². The first-order valence-corrected chi connectivity index (χ1v) is 24.3. The number of hydrogen-bond acceptors (Lipinski definition) is 3. The average Bonchev–Trinajstić information content (AvgIpc) is 3.97. The summed E-state index contributed by atoms with van der Waals surface area (Å²) in [7, 11) is 0. The van der Waals surface area contributed by atoms with E-state index in [9.17, 15) is 0 Å². The number of rotatable bonds is 6. The summed E-state index contributed by atoms with van der Waals surface area (Å²) in [5.74, 6) is 3.92. The Morgan fingerprint density at radius 2 is 1.40 bits per heavy atom. The molecule has 1 spiro atoms. The van der Waals surface area contributed by atoms with Gasteiger partial charge in [0.05, 0.1) is 5.69 Å². The quantitative estimate of drug-likeness (QED) is 0.159. The van der Waals surface area contributed by atoms with Crippen LogP contribution >= 0.6 is 0 Å². The first-order chi connectivity index (χ1) is 30.8. The monoisotopic (exact) mass is 810 g/mol. The Bertz CT molecular complexity index is 2770. The molecule has 1 heterocycles. The molecular weight excluding hydrogens is 753 g/mol. The van der Waals surface area contributed by atoms with Gasteiger partial charge in [-0.25, -0.2) is 0 Å². The van der Waals surface area contributed by atoms with Crippen molar-refractivity contribution in [3.63, 3.8) is 0 Å². The summed E-state index contributed by atoms with van der Waals surface area (Å²) in [5.41, 5.74) is 16.8. The molecule has 1 aromatic heterocycles. The van der Waals surface area contributed by atoms with Crippen molar-refractivity contribution in [2.45, 2.75) is 101 Å². The summed E-state index contributed by atoms with van der Waals surface area (Å²) in [5, 5.41) is 1.31. The number of para-hydroxylation sites is 2. The van der Waals surface area contributed by atoms with Crippen LogP contribution in [0.2, 0.25) is 0 Å². The summed E-state index contributed by atoms with van der Waals surface area (Å²) in [4.78, 5) is 5.32. The molecule has 8 aliphatic rings. The number of anilines is 3. The summed E-state index contributed by atoms with van der Waals surface area (Å²) in [6.45, 7) is 0. The van der Waals surface area contributed by atoms with Gasteiger partial charge in [-0.3, -0.25) is 0 Å². The van der Waals surface area contributed by atoms with Crippen molar-refractivity contribution in [1.82, 2.24) is 0 Å². The fourth-order valence-corrected chi connectivity index (χ4v) is 14.6. The molecule has 8 aliphatic carbocycles. The van der Waals surface area contributed by atoms with Crippen LogP contribution in [0.25, 0.3) is 11.0 Å². The molecule has 0 radical (unpaired) electrons. The normalized spacial score (nSPS) is 28.9. The molecule has 0 saturated heterocycles. The van der Waals surface area contributed by atoms with Crippen LogP contribution in [0.5, 0.6) is 0 Å². The van der Waals surface area contributed by atoms with E-state index in [-0.39, 0.29) is 11.3 Å². The van der Waals surface area contributed by atoms with Crippen molar-refractivity contribution in [1.29, 1.82) is 0 Å². The second kappa shape index (κ2) is 14.8. The Morgan fingerprint density at radius 3 is 2.32 bits per heavy atom. The molecule has 0 amide bonds. The maximum Gasteiger partial charge on any atom is 0.158 e. The number of furan rings is 1. The third-order valence-corrected chi connectivity index (χ3v) is 16.8. The standard InChI is InChI=1S/C59H58N2O/c1-3-20-40(21-4-1)60(53-32-15-19-39-18-7-8-24-43(39)53)42-36-37-45-44-25-9-12-29-49(44)59(52(45)38-42)50-30-13-10-27-48(50)57-51(59)31-17-33-54(57)61(41-22-5-2-6-23-41)55-34-16-28-47-46-26-11-14-35-56(46)62-58(47)55/h2-3,5-6,9-10,13,15-16,19-23,25,27-28,30,32-34,36-38,44-45,49,51-52,57H,1,4,7-8,11-12,14,17-18,24,26,29,31,35H2. The van der Waals surface area contributed by atoms with Gasteiger partial charge in [-0.15, -0.1) is 0 Å². The molecule has 7 atom stereocenters. The van der Waals surface area contributed by atoms with Crippen molar-refractivity contribution in [3.05, 3.63) is 196 Å². The number of nitrogens with zero attached hydrogens (tertiary/aromatic N) is 2. The van der Waals surface area contributed by atoms with Gasteiger partial charge in [0, 0.05) is 57.2 Å². The lowest BCUT2D eigenvalue weighted by molar-refractivity contribution is 0.139. The topological polar surface area (TPSA) is 19.6 Å². The number of hydrogen-bond donors (Lipinski definition) is 0. The van der Waals surface area contributed by atoms with Crippen molar-refractivity contribution in [2.75, 3.05) is 9.80 Å². The van der Waals surface area contributed by atoms with E-state index < -0.39 is 0 Å². The Balaban J connectivity index is 0.997. The number of allylic oxidation sites excluding steroid dienone is 10. The SMILES string of the molecule is C1=CC(N(C2=CC3C(C=C2)C2C=CCCC2C32c3ccccc3C3C(N(c4ccccc4)c4cccc5c6c(oc45)CCCC6)=CCCC32)c2cccc3c2CCCC3)=CCC1. The van der Waals surface area contributed by atoms with Crippen molar-refractivity contribution in [3.8, 4) is 0 Å². The molecule has 62 heavy (non-hydrogen) atoms. The van der Waals surface area contributed by atoms with Gasteiger partial charge in [0.15, 0.2) is 5.58 Å². The highest BCUT2D eigenvalue weighted by Crippen LogP contribution is 2.72. The van der Waals surface area contributed by atoms with Crippen LogP contribution in [0.1, 0.15) is 104 Å². The molecule has 0 aliphatic heterocycles. The molecule has 13 rings (SSSR count). The van der Waals surface area contributed by atoms with Crippen LogP contribution in [0.3, 0.4) is 0 Å². The largest absolute Gasteiger partial charge is 0.459 e. The fraction of sp³-hybridized carbons (Fsp3) is 0.356. The summed E-state index contributed by atoms with van der Waals surface area (Å²) < 4.78 is 6.98. The van der Waals surface area contributed by atoms with Gasteiger partial charge in [-0.2, -0.15) is 0 Å². The van der Waals surface area contributed by atoms with Crippen LogP contribution in [0, 0.1) is 29.6 Å². The molecule has 3 heteroatoms. The summed E-state index contributed by atoms with van der Waals surface area (Å²) in [6.07, 6.45) is 39.6. The van der Waals surface area contributed by atoms with Gasteiger partial charge < -0.3 is 14.2 Å². The van der Waals surface area contributed by atoms with Gasteiger partial charge >= 0.3 is 0 Å². The first kappa shape index (κ1) is 37.1. The molecule has 5 aromatic rings. The lowest BCUT2D eigenvalue weighted by Gasteiger charge is -2.48. The fourth-order valence-electron chi connectivity index (χ4n) is 14.6.